The molecule has 82 valence electrons. The molecule has 0 spiro atoms. The predicted octanol–water partition coefficient (Wildman–Crippen LogP) is 0.133. The van der Waals surface area contributed by atoms with Crippen molar-refractivity contribution in [3.05, 3.63) is 18.0 Å². The number of nitrogens with two attached hydrogens (primary N) is 1. The Morgan fingerprint density at radius 3 is 2.93 bits per heavy atom. The van der Waals surface area contributed by atoms with Gasteiger partial charge in [0, 0.05) is 32.3 Å². The van der Waals surface area contributed by atoms with Gasteiger partial charge in [-0.05, 0) is 13.0 Å². The van der Waals surface area contributed by atoms with Crippen LogP contribution in [0.1, 0.15) is 25.1 Å². The molecule has 2 heterocycles. The summed E-state index contributed by atoms with van der Waals surface area (Å²) in [5.74, 6) is 0.108. The van der Waals surface area contributed by atoms with Gasteiger partial charge in [0.15, 0.2) is 0 Å². The quantitative estimate of drug-likeness (QED) is 0.751. The van der Waals surface area contributed by atoms with E-state index in [9.17, 15) is 4.79 Å². The van der Waals surface area contributed by atoms with Crippen LogP contribution in [-0.4, -0.2) is 33.7 Å². The van der Waals surface area contributed by atoms with Crippen LogP contribution in [0.25, 0.3) is 0 Å². The zero-order chi connectivity index (χ0) is 11.0. The molecule has 0 bridgehead atoms. The molecule has 0 saturated carbocycles. The molecule has 15 heavy (non-hydrogen) atoms. The smallest absolute Gasteiger partial charge is 0.224 e. The van der Waals surface area contributed by atoms with Crippen LogP contribution in [0.15, 0.2) is 12.3 Å². The van der Waals surface area contributed by atoms with Gasteiger partial charge in [0.2, 0.25) is 5.91 Å². The van der Waals surface area contributed by atoms with E-state index in [2.05, 4.69) is 5.10 Å². The van der Waals surface area contributed by atoms with Crippen molar-refractivity contribution < 1.29 is 4.79 Å². The second-order valence-electron chi connectivity index (χ2n) is 3.89. The molecule has 1 aromatic heterocycles. The topological polar surface area (TPSA) is 64.2 Å². The lowest BCUT2D eigenvalue weighted by Crippen LogP contribution is -2.32. The summed E-state index contributed by atoms with van der Waals surface area (Å²) < 4.78 is 1.89. The number of nitrogens with zero attached hydrogens (tertiary/aromatic N) is 3. The Hall–Kier alpha value is -1.36. The highest BCUT2D eigenvalue weighted by molar-refractivity contribution is 5.79. The number of likely N-dealkylation sites (tertiary alicyclic amines) is 1. The Labute approximate surface area is 88.8 Å². The highest BCUT2D eigenvalue weighted by Crippen LogP contribution is 2.30. The highest BCUT2D eigenvalue weighted by Gasteiger charge is 2.37. The van der Waals surface area contributed by atoms with E-state index in [-0.39, 0.29) is 18.0 Å². The van der Waals surface area contributed by atoms with Crippen LogP contribution in [0.2, 0.25) is 0 Å². The third-order valence-corrected chi connectivity index (χ3v) is 2.98. The Morgan fingerprint density at radius 1 is 1.67 bits per heavy atom. The normalized spacial score (nSPS) is 26.3. The molecule has 0 aliphatic carbocycles. The zero-order valence-corrected chi connectivity index (χ0v) is 9.05. The van der Waals surface area contributed by atoms with Gasteiger partial charge in [-0.3, -0.25) is 9.48 Å². The van der Waals surface area contributed by atoms with Crippen molar-refractivity contribution in [3.8, 4) is 0 Å². The van der Waals surface area contributed by atoms with E-state index in [0.29, 0.717) is 6.42 Å². The summed E-state index contributed by atoms with van der Waals surface area (Å²) in [5.41, 5.74) is 7.00. The summed E-state index contributed by atoms with van der Waals surface area (Å²) in [4.78, 5) is 13.2. The Bertz CT molecular complexity index is 373. The van der Waals surface area contributed by atoms with Crippen LogP contribution >= 0.6 is 0 Å². The second kappa shape index (κ2) is 3.66. The first kappa shape index (κ1) is 10.2. The molecular formula is C10H16N4O. The SMILES string of the molecule is CCn1nccc1[C@@H]1[C@@H](N)CC(=O)N1C. The Balaban J connectivity index is 2.34. The minimum atomic E-state index is -0.121. The molecule has 1 amide bonds. The Morgan fingerprint density at radius 2 is 2.40 bits per heavy atom. The van der Waals surface area contributed by atoms with E-state index >= 15 is 0 Å². The lowest BCUT2D eigenvalue weighted by Gasteiger charge is -2.23. The summed E-state index contributed by atoms with van der Waals surface area (Å²) >= 11 is 0. The van der Waals surface area contributed by atoms with Crippen molar-refractivity contribution in [1.82, 2.24) is 14.7 Å². The number of aryl methyl sites for hydroxylation is 1. The lowest BCUT2D eigenvalue weighted by molar-refractivity contribution is -0.127. The van der Waals surface area contributed by atoms with Crippen LogP contribution in [-0.2, 0) is 11.3 Å². The van der Waals surface area contributed by atoms with Crippen molar-refractivity contribution in [3.63, 3.8) is 0 Å². The maximum Gasteiger partial charge on any atom is 0.224 e. The van der Waals surface area contributed by atoms with Gasteiger partial charge in [0.05, 0.1) is 11.7 Å². The van der Waals surface area contributed by atoms with E-state index in [1.165, 1.54) is 0 Å². The number of amides is 1. The molecule has 0 radical (unpaired) electrons. The molecule has 5 heteroatoms. The fourth-order valence-electron chi connectivity index (χ4n) is 2.18. The van der Waals surface area contributed by atoms with Gasteiger partial charge in [-0.2, -0.15) is 5.10 Å². The largest absolute Gasteiger partial charge is 0.336 e. The van der Waals surface area contributed by atoms with E-state index in [1.54, 1.807) is 18.1 Å². The first-order valence-electron chi connectivity index (χ1n) is 5.18. The summed E-state index contributed by atoms with van der Waals surface area (Å²) in [7, 11) is 1.80. The van der Waals surface area contributed by atoms with Crippen molar-refractivity contribution in [2.45, 2.75) is 32.0 Å². The number of aromatic nitrogens is 2. The summed E-state index contributed by atoms with van der Waals surface area (Å²) in [6.45, 7) is 2.83. The van der Waals surface area contributed by atoms with Crippen LogP contribution in [0.5, 0.6) is 0 Å². The molecular weight excluding hydrogens is 192 g/mol. The summed E-state index contributed by atoms with van der Waals surface area (Å²) in [5, 5.41) is 4.20. The average molecular weight is 208 g/mol. The van der Waals surface area contributed by atoms with Gasteiger partial charge in [0.1, 0.15) is 0 Å². The molecule has 0 aromatic carbocycles. The van der Waals surface area contributed by atoms with E-state index in [0.717, 1.165) is 12.2 Å². The van der Waals surface area contributed by atoms with Crippen molar-refractivity contribution >= 4 is 5.91 Å². The number of likely N-dealkylation sites (N-methyl/N-ethyl adjacent to an activating group) is 1. The number of hydrogen-bond donors (Lipinski definition) is 1. The molecule has 2 N–H and O–H groups in total. The number of carbonyl (C=O) groups is 1. The van der Waals surface area contributed by atoms with Crippen LogP contribution in [0, 0.1) is 0 Å². The fraction of sp³-hybridized carbons (Fsp3) is 0.600. The first-order chi connectivity index (χ1) is 7.15. The number of rotatable bonds is 2. The van der Waals surface area contributed by atoms with Crippen molar-refractivity contribution in [2.24, 2.45) is 5.73 Å². The van der Waals surface area contributed by atoms with Crippen molar-refractivity contribution in [1.29, 1.82) is 0 Å². The minimum Gasteiger partial charge on any atom is -0.336 e. The zero-order valence-electron chi connectivity index (χ0n) is 9.05. The Kier molecular flexibility index (Phi) is 2.48. The monoisotopic (exact) mass is 208 g/mol. The van der Waals surface area contributed by atoms with E-state index in [4.69, 9.17) is 5.73 Å². The van der Waals surface area contributed by atoms with E-state index in [1.807, 2.05) is 17.7 Å². The van der Waals surface area contributed by atoms with Gasteiger partial charge >= 0.3 is 0 Å². The van der Waals surface area contributed by atoms with Crippen LogP contribution in [0.3, 0.4) is 0 Å². The fourth-order valence-corrected chi connectivity index (χ4v) is 2.18. The van der Waals surface area contributed by atoms with Gasteiger partial charge in [-0.25, -0.2) is 0 Å². The number of hydrogen-bond acceptors (Lipinski definition) is 3. The molecule has 1 saturated heterocycles. The third kappa shape index (κ3) is 1.52. The van der Waals surface area contributed by atoms with Gasteiger partial charge in [0.25, 0.3) is 0 Å². The maximum absolute atomic E-state index is 11.5. The summed E-state index contributed by atoms with van der Waals surface area (Å²) in [6.07, 6.45) is 2.18. The molecule has 1 fully saturated rings. The molecule has 1 aliphatic rings. The van der Waals surface area contributed by atoms with Crippen LogP contribution < -0.4 is 5.73 Å². The highest BCUT2D eigenvalue weighted by atomic mass is 16.2. The third-order valence-electron chi connectivity index (χ3n) is 2.98. The number of carbonyl (C=O) groups excluding carboxylic acids is 1. The lowest BCUT2D eigenvalue weighted by atomic mass is 10.1. The molecule has 1 aromatic rings. The first-order valence-corrected chi connectivity index (χ1v) is 5.18. The van der Waals surface area contributed by atoms with Gasteiger partial charge < -0.3 is 10.6 Å². The van der Waals surface area contributed by atoms with Gasteiger partial charge in [-0.1, -0.05) is 0 Å². The van der Waals surface area contributed by atoms with Gasteiger partial charge in [-0.15, -0.1) is 0 Å². The molecule has 1 aliphatic heterocycles. The summed E-state index contributed by atoms with van der Waals surface area (Å²) in [6, 6.07) is 1.78. The average Bonchev–Trinajstić information content (AvgIpc) is 2.73. The molecule has 5 nitrogen and oxygen atoms in total. The molecule has 0 unspecified atom stereocenters. The molecule has 2 atom stereocenters. The van der Waals surface area contributed by atoms with Crippen LogP contribution in [0.4, 0.5) is 0 Å². The van der Waals surface area contributed by atoms with Crippen molar-refractivity contribution in [2.75, 3.05) is 7.05 Å². The predicted molar refractivity (Wildman–Crippen MR) is 56.0 cm³/mol. The second-order valence-corrected chi connectivity index (χ2v) is 3.89. The minimum absolute atomic E-state index is 0.0278. The maximum atomic E-state index is 11.5. The standard InChI is InChI=1S/C10H16N4O/c1-3-14-8(4-5-12-14)10-7(11)6-9(15)13(10)2/h4-5,7,10H,3,6,11H2,1-2H3/t7-,10-/m0/s1. The van der Waals surface area contributed by atoms with E-state index < -0.39 is 0 Å². The molecule has 2 rings (SSSR count).